The number of benzene rings is 5. The molecule has 6 rings (SSSR count). The van der Waals surface area contributed by atoms with Gasteiger partial charge in [-0.05, 0) is 25.5 Å². The van der Waals surface area contributed by atoms with Crippen molar-refractivity contribution in [2.24, 2.45) is 5.92 Å². The lowest BCUT2D eigenvalue weighted by Crippen LogP contribution is -2.43. The summed E-state index contributed by atoms with van der Waals surface area (Å²) in [5, 5.41) is 0. The highest BCUT2D eigenvalue weighted by atomic mass is 16.7. The molecule has 2 unspecified atom stereocenters. The first-order valence-electron chi connectivity index (χ1n) is 18.9. The summed E-state index contributed by atoms with van der Waals surface area (Å²) in [6.45, 7) is 4.94. The van der Waals surface area contributed by atoms with E-state index in [0.717, 1.165) is 11.1 Å². The third-order valence-electron chi connectivity index (χ3n) is 9.24. The third-order valence-corrected chi connectivity index (χ3v) is 9.24. The van der Waals surface area contributed by atoms with E-state index in [9.17, 15) is 14.4 Å². The molecule has 296 valence electrons. The van der Waals surface area contributed by atoms with Crippen molar-refractivity contribution < 1.29 is 38.1 Å². The Morgan fingerprint density at radius 2 is 1.05 bits per heavy atom. The average molecular weight is 769 g/mol. The Balaban J connectivity index is 0.000000190. The Morgan fingerprint density at radius 3 is 1.53 bits per heavy atom. The molecule has 5 aromatic carbocycles. The van der Waals surface area contributed by atoms with Gasteiger partial charge in [-0.3, -0.25) is 14.4 Å². The van der Waals surface area contributed by atoms with Gasteiger partial charge in [0.1, 0.15) is 6.10 Å². The summed E-state index contributed by atoms with van der Waals surface area (Å²) in [5.74, 6) is -2.48. The first kappa shape index (κ1) is 44.1. The predicted octanol–water partition coefficient (Wildman–Crippen LogP) is 10.0. The van der Waals surface area contributed by atoms with Crippen LogP contribution in [-0.2, 0) is 29.5 Å². The van der Waals surface area contributed by atoms with Crippen molar-refractivity contribution in [2.45, 2.75) is 37.9 Å². The van der Waals surface area contributed by atoms with E-state index in [2.05, 4.69) is 0 Å². The molecule has 1 aliphatic carbocycles. The van der Waals surface area contributed by atoms with Crippen molar-refractivity contribution in [1.82, 2.24) is 0 Å². The number of hydrogen-bond donors (Lipinski definition) is 0. The van der Waals surface area contributed by atoms with Crippen LogP contribution in [0.4, 0.5) is 0 Å². The van der Waals surface area contributed by atoms with Gasteiger partial charge in [0.2, 0.25) is 5.78 Å². The zero-order chi connectivity index (χ0) is 40.9. The summed E-state index contributed by atoms with van der Waals surface area (Å²) < 4.78 is 27.8. The zero-order valence-corrected chi connectivity index (χ0v) is 33.3. The number of ketones is 3. The van der Waals surface area contributed by atoms with E-state index in [4.69, 9.17) is 23.7 Å². The molecule has 8 nitrogen and oxygen atoms in total. The highest BCUT2D eigenvalue weighted by molar-refractivity contribution is 6.02. The van der Waals surface area contributed by atoms with Gasteiger partial charge in [-0.15, -0.1) is 0 Å². The molecule has 0 saturated carbocycles. The zero-order valence-electron chi connectivity index (χ0n) is 33.3. The number of allylic oxidation sites excluding steroid dienone is 2. The summed E-state index contributed by atoms with van der Waals surface area (Å²) in [5.41, 5.74) is 3.50. The van der Waals surface area contributed by atoms with Crippen LogP contribution in [0.5, 0.6) is 0 Å². The minimum Gasteiger partial charge on any atom is -0.369 e. The van der Waals surface area contributed by atoms with Gasteiger partial charge in [0.15, 0.2) is 17.4 Å². The van der Waals surface area contributed by atoms with Crippen LogP contribution in [0.3, 0.4) is 0 Å². The van der Waals surface area contributed by atoms with Crippen LogP contribution in [0.1, 0.15) is 68.6 Å². The van der Waals surface area contributed by atoms with Gasteiger partial charge in [0.25, 0.3) is 5.79 Å². The Hall–Kier alpha value is -5.61. The molecule has 0 aromatic heterocycles. The predicted molar refractivity (Wildman–Crippen MR) is 223 cm³/mol. The smallest absolute Gasteiger partial charge is 0.260 e. The van der Waals surface area contributed by atoms with Gasteiger partial charge in [0.05, 0.1) is 0 Å². The lowest BCUT2D eigenvalue weighted by atomic mass is 9.87. The fourth-order valence-electron chi connectivity index (χ4n) is 6.45. The van der Waals surface area contributed by atoms with Crippen molar-refractivity contribution in [3.8, 4) is 0 Å². The van der Waals surface area contributed by atoms with Crippen molar-refractivity contribution in [3.05, 3.63) is 204 Å². The fourth-order valence-corrected chi connectivity index (χ4v) is 6.45. The monoisotopic (exact) mass is 768 g/mol. The molecule has 0 spiro atoms. The molecule has 0 heterocycles. The molecule has 8 heteroatoms. The molecule has 5 aromatic rings. The Morgan fingerprint density at radius 1 is 0.596 bits per heavy atom. The summed E-state index contributed by atoms with van der Waals surface area (Å²) in [7, 11) is 4.49. The van der Waals surface area contributed by atoms with Crippen LogP contribution in [-0.4, -0.2) is 57.7 Å². The molecule has 0 radical (unpaired) electrons. The minimum absolute atomic E-state index is 0.0145. The fraction of sp³-hybridized carbons (Fsp3) is 0.245. The summed E-state index contributed by atoms with van der Waals surface area (Å²) in [6, 6.07) is 46.3. The van der Waals surface area contributed by atoms with Crippen LogP contribution < -0.4 is 0 Å². The van der Waals surface area contributed by atoms with Gasteiger partial charge in [-0.1, -0.05) is 170 Å². The second kappa shape index (κ2) is 22.8. The van der Waals surface area contributed by atoms with Gasteiger partial charge in [0, 0.05) is 69.1 Å². The number of methoxy groups -OCH3 is 3. The average Bonchev–Trinajstić information content (AvgIpc) is 3.27. The molecule has 0 saturated heterocycles. The first-order chi connectivity index (χ1) is 27.8. The second-order valence-electron chi connectivity index (χ2n) is 12.8. The second-order valence-corrected chi connectivity index (χ2v) is 12.8. The quantitative estimate of drug-likeness (QED) is 0.0723. The Kier molecular flexibility index (Phi) is 17.7. The molecular formula is C49H52O8. The molecule has 0 fully saturated rings. The molecular weight excluding hydrogens is 717 g/mol. The summed E-state index contributed by atoms with van der Waals surface area (Å²) in [4.78, 5) is 37.4. The maximum atomic E-state index is 12.7. The normalized spacial score (nSPS) is 14.6. The molecule has 57 heavy (non-hydrogen) atoms. The van der Waals surface area contributed by atoms with Crippen molar-refractivity contribution >= 4 is 17.3 Å². The van der Waals surface area contributed by atoms with Crippen LogP contribution in [0, 0.1) is 5.92 Å². The van der Waals surface area contributed by atoms with Gasteiger partial charge in [-0.2, -0.15) is 0 Å². The number of rotatable bonds is 16. The van der Waals surface area contributed by atoms with Gasteiger partial charge < -0.3 is 23.7 Å². The molecule has 0 N–H and O–H groups in total. The standard InChI is InChI=1S/C18H22O3.C16H16O3.C15H14O2/c1-3-20-18(21-4-2)13-9-8-12-16(18)14-17(19)15-10-6-5-7-11-15;1-18-16(19-2,14-11-7-4-8-12-14)15(17)13-9-5-3-6-10-13;1-17-15(13-10-6-3-7-11-13)14(16)12-8-4-2-5-9-12/h5-13,16H,3-4,14H2,1-2H3;3-12H,1-2H3;2-11,15H,1H3. The maximum Gasteiger partial charge on any atom is 0.260 e. The van der Waals surface area contributed by atoms with E-state index in [1.54, 1.807) is 31.4 Å². The van der Waals surface area contributed by atoms with E-state index in [1.165, 1.54) is 14.2 Å². The van der Waals surface area contributed by atoms with Crippen LogP contribution in [0.25, 0.3) is 0 Å². The largest absolute Gasteiger partial charge is 0.369 e. The van der Waals surface area contributed by atoms with E-state index in [1.807, 2.05) is 166 Å². The number of ether oxygens (including phenoxy) is 5. The topological polar surface area (TPSA) is 97.4 Å². The molecule has 0 bridgehead atoms. The Labute approximate surface area is 336 Å². The van der Waals surface area contributed by atoms with E-state index >= 15 is 0 Å². The molecule has 0 amide bonds. The van der Waals surface area contributed by atoms with Gasteiger partial charge in [-0.25, -0.2) is 0 Å². The first-order valence-corrected chi connectivity index (χ1v) is 18.9. The Bertz CT molecular complexity index is 1990. The maximum absolute atomic E-state index is 12.7. The number of carbonyl (C=O) groups excluding carboxylic acids is 3. The van der Waals surface area contributed by atoms with E-state index in [0.29, 0.717) is 36.3 Å². The number of Topliss-reactive ketones (excluding diaryl/α,β-unsaturated/α-hetero) is 3. The van der Waals surface area contributed by atoms with E-state index < -0.39 is 17.7 Å². The minimum atomic E-state index is -1.40. The summed E-state index contributed by atoms with van der Waals surface area (Å²) >= 11 is 0. The highest BCUT2D eigenvalue weighted by Gasteiger charge is 2.41. The van der Waals surface area contributed by atoms with E-state index in [-0.39, 0.29) is 23.3 Å². The van der Waals surface area contributed by atoms with Gasteiger partial charge >= 0.3 is 0 Å². The van der Waals surface area contributed by atoms with Crippen molar-refractivity contribution in [2.75, 3.05) is 34.5 Å². The lowest BCUT2D eigenvalue weighted by Gasteiger charge is -2.37. The number of hydrogen-bond acceptors (Lipinski definition) is 8. The van der Waals surface area contributed by atoms with Crippen LogP contribution in [0.2, 0.25) is 0 Å². The highest BCUT2D eigenvalue weighted by Crippen LogP contribution is 2.34. The third kappa shape index (κ3) is 11.7. The SMILES string of the molecule is CCOC1(OCC)C=CC=CC1CC(=O)c1ccccc1.COC(C(=O)c1ccccc1)c1ccccc1.COC(OC)(C(=O)c1ccccc1)c1ccccc1. The van der Waals surface area contributed by atoms with Crippen LogP contribution in [0.15, 0.2) is 176 Å². The van der Waals surface area contributed by atoms with Crippen molar-refractivity contribution in [3.63, 3.8) is 0 Å². The molecule has 1 aliphatic rings. The molecule has 0 aliphatic heterocycles. The number of carbonyl (C=O) groups is 3. The van der Waals surface area contributed by atoms with Crippen molar-refractivity contribution in [1.29, 1.82) is 0 Å². The lowest BCUT2D eigenvalue weighted by molar-refractivity contribution is -0.221. The van der Waals surface area contributed by atoms with Crippen LogP contribution >= 0.6 is 0 Å². The molecule has 2 atom stereocenters. The summed E-state index contributed by atoms with van der Waals surface area (Å²) in [6.07, 6.45) is 7.59.